The molecule has 4 N–H and O–H groups in total. The Hall–Kier alpha value is -1.29. The van der Waals surface area contributed by atoms with Crippen LogP contribution < -0.4 is 5.32 Å². The summed E-state index contributed by atoms with van der Waals surface area (Å²) in [6, 6.07) is 0. The lowest BCUT2D eigenvalue weighted by Gasteiger charge is -2.28. The minimum Gasteiger partial charge on any atom is -0.394 e. The highest BCUT2D eigenvalue weighted by Gasteiger charge is 2.29. The first-order valence-electron chi connectivity index (χ1n) is 4.28. The van der Waals surface area contributed by atoms with Gasteiger partial charge in [0.2, 0.25) is 0 Å². The highest BCUT2D eigenvalue weighted by atomic mass is 32.1. The van der Waals surface area contributed by atoms with E-state index >= 15 is 0 Å². The van der Waals surface area contributed by atoms with E-state index in [9.17, 15) is 10.1 Å². The van der Waals surface area contributed by atoms with Gasteiger partial charge in [0.05, 0.1) is 24.7 Å². The second kappa shape index (κ2) is 5.16. The molecule has 0 aliphatic carbocycles. The van der Waals surface area contributed by atoms with Crippen molar-refractivity contribution in [2.45, 2.75) is 5.54 Å². The van der Waals surface area contributed by atoms with E-state index in [0.717, 1.165) is 17.5 Å². The van der Waals surface area contributed by atoms with E-state index in [4.69, 9.17) is 15.3 Å². The van der Waals surface area contributed by atoms with Crippen LogP contribution in [0.4, 0.5) is 10.1 Å². The zero-order chi connectivity index (χ0) is 12.2. The van der Waals surface area contributed by atoms with Gasteiger partial charge in [0.1, 0.15) is 11.7 Å². The fraction of sp³-hybridized carbons (Fsp3) is 0.571. The Balaban J connectivity index is 2.81. The number of anilines is 1. The van der Waals surface area contributed by atoms with Crippen LogP contribution in [0.2, 0.25) is 0 Å². The largest absolute Gasteiger partial charge is 0.394 e. The fourth-order valence-corrected chi connectivity index (χ4v) is 1.65. The van der Waals surface area contributed by atoms with E-state index in [1.165, 1.54) is 0 Å². The van der Waals surface area contributed by atoms with Gasteiger partial charge in [-0.3, -0.25) is 10.1 Å². The topological polar surface area (TPSA) is 129 Å². The zero-order valence-electron chi connectivity index (χ0n) is 8.16. The molecular formula is C7H11N3O5S. The summed E-state index contributed by atoms with van der Waals surface area (Å²) in [5, 5.41) is 40.0. The first kappa shape index (κ1) is 12.8. The van der Waals surface area contributed by atoms with Crippen LogP contribution >= 0.6 is 11.3 Å². The molecule has 0 aromatic carbocycles. The summed E-state index contributed by atoms with van der Waals surface area (Å²) in [5.41, 5.74) is -1.33. The smallest absolute Gasteiger partial charge is 0.345 e. The summed E-state index contributed by atoms with van der Waals surface area (Å²) in [6.45, 7) is -1.56. The molecule has 9 heteroatoms. The number of aromatic nitrogens is 1. The number of aliphatic hydroxyl groups is 3. The minimum absolute atomic E-state index is 0.156. The molecule has 8 nitrogen and oxygen atoms in total. The highest BCUT2D eigenvalue weighted by Crippen LogP contribution is 2.27. The van der Waals surface area contributed by atoms with Gasteiger partial charge >= 0.3 is 5.00 Å². The van der Waals surface area contributed by atoms with Gasteiger partial charge in [-0.15, -0.1) is 0 Å². The molecule has 0 amide bonds. The summed E-state index contributed by atoms with van der Waals surface area (Å²) >= 11 is 0.759. The third-order valence-corrected chi connectivity index (χ3v) is 2.82. The third-order valence-electron chi connectivity index (χ3n) is 1.95. The van der Waals surface area contributed by atoms with Gasteiger partial charge in [-0.1, -0.05) is 0 Å². The standard InChI is InChI=1S/C7H11N3O5S/c11-2-7(3-12,4-13)9-6-8-1-5(16-6)10(14)15/h1,11-13H,2-4H2,(H,8,9). The van der Waals surface area contributed by atoms with Crippen molar-refractivity contribution in [2.75, 3.05) is 25.1 Å². The van der Waals surface area contributed by atoms with Crippen molar-refractivity contribution in [3.63, 3.8) is 0 Å². The third kappa shape index (κ3) is 2.64. The number of rotatable bonds is 6. The molecule has 0 fully saturated rings. The maximum absolute atomic E-state index is 10.4. The predicted octanol–water partition coefficient (Wildman–Crippen LogP) is -0.821. The predicted molar refractivity (Wildman–Crippen MR) is 56.4 cm³/mol. The highest BCUT2D eigenvalue weighted by molar-refractivity contribution is 7.18. The molecule has 0 atom stereocenters. The maximum atomic E-state index is 10.4. The Labute approximate surface area is 94.3 Å². The summed E-state index contributed by atoms with van der Waals surface area (Å²) in [7, 11) is 0. The zero-order valence-corrected chi connectivity index (χ0v) is 8.98. The molecule has 0 unspecified atom stereocenters. The van der Waals surface area contributed by atoms with Crippen LogP contribution in [0.1, 0.15) is 0 Å². The van der Waals surface area contributed by atoms with E-state index < -0.39 is 30.3 Å². The normalized spacial score (nSPS) is 11.4. The number of nitrogens with zero attached hydrogens (tertiary/aromatic N) is 2. The Morgan fingerprint density at radius 1 is 1.44 bits per heavy atom. The Bertz CT molecular complexity index is 356. The number of aliphatic hydroxyl groups excluding tert-OH is 3. The molecule has 16 heavy (non-hydrogen) atoms. The van der Waals surface area contributed by atoms with Crippen molar-refractivity contribution in [3.8, 4) is 0 Å². The molecule has 0 bridgehead atoms. The SMILES string of the molecule is O=[N+]([O-])c1cnc(NC(CO)(CO)CO)s1. The average Bonchev–Trinajstić information content (AvgIpc) is 2.74. The van der Waals surface area contributed by atoms with Crippen molar-refractivity contribution in [1.29, 1.82) is 0 Å². The lowest BCUT2D eigenvalue weighted by atomic mass is 10.0. The summed E-state index contributed by atoms with van der Waals surface area (Å²) in [4.78, 5) is 13.5. The van der Waals surface area contributed by atoms with Crippen LogP contribution in [-0.2, 0) is 0 Å². The van der Waals surface area contributed by atoms with E-state index in [0.29, 0.717) is 0 Å². The Kier molecular flexibility index (Phi) is 4.12. The van der Waals surface area contributed by atoms with Crippen molar-refractivity contribution < 1.29 is 20.2 Å². The molecule has 0 spiro atoms. The van der Waals surface area contributed by atoms with Crippen LogP contribution in [0, 0.1) is 10.1 Å². The molecular weight excluding hydrogens is 238 g/mol. The number of nitrogens with one attached hydrogen (secondary N) is 1. The average molecular weight is 249 g/mol. The van der Waals surface area contributed by atoms with Crippen LogP contribution in [-0.4, -0.2) is 50.6 Å². The number of thiazole rings is 1. The van der Waals surface area contributed by atoms with Gasteiger partial charge in [0.15, 0.2) is 5.13 Å². The molecule has 0 radical (unpaired) electrons. The summed E-state index contributed by atoms with van der Waals surface area (Å²) < 4.78 is 0. The van der Waals surface area contributed by atoms with Crippen LogP contribution in [0.15, 0.2) is 6.20 Å². The van der Waals surface area contributed by atoms with Crippen LogP contribution in [0.25, 0.3) is 0 Å². The quantitative estimate of drug-likeness (QED) is 0.383. The molecule has 1 heterocycles. The number of hydrogen-bond donors (Lipinski definition) is 4. The molecule has 1 aromatic rings. The fourth-order valence-electron chi connectivity index (χ4n) is 0.903. The van der Waals surface area contributed by atoms with E-state index in [2.05, 4.69) is 10.3 Å². The molecule has 0 aliphatic rings. The summed E-state index contributed by atoms with van der Waals surface area (Å²) in [6.07, 6.45) is 1.06. The minimum atomic E-state index is -1.33. The molecule has 0 saturated heterocycles. The lowest BCUT2D eigenvalue weighted by molar-refractivity contribution is -0.380. The van der Waals surface area contributed by atoms with Gasteiger partial charge < -0.3 is 20.6 Å². The van der Waals surface area contributed by atoms with Crippen molar-refractivity contribution in [3.05, 3.63) is 16.3 Å². The Morgan fingerprint density at radius 2 is 2.00 bits per heavy atom. The second-order valence-corrected chi connectivity index (χ2v) is 4.15. The Morgan fingerprint density at radius 3 is 2.38 bits per heavy atom. The molecule has 0 saturated carbocycles. The maximum Gasteiger partial charge on any atom is 0.345 e. The van der Waals surface area contributed by atoms with Crippen LogP contribution in [0.5, 0.6) is 0 Å². The first-order chi connectivity index (χ1) is 7.56. The molecule has 1 aromatic heterocycles. The first-order valence-corrected chi connectivity index (χ1v) is 5.09. The van der Waals surface area contributed by atoms with E-state index in [1.807, 2.05) is 0 Å². The molecule has 0 aliphatic heterocycles. The van der Waals surface area contributed by atoms with E-state index in [-0.39, 0.29) is 10.1 Å². The van der Waals surface area contributed by atoms with Crippen molar-refractivity contribution in [1.82, 2.24) is 4.98 Å². The van der Waals surface area contributed by atoms with Crippen LogP contribution in [0.3, 0.4) is 0 Å². The number of hydrogen-bond acceptors (Lipinski definition) is 8. The second-order valence-electron chi connectivity index (χ2n) is 3.14. The lowest BCUT2D eigenvalue weighted by Crippen LogP contribution is -2.49. The van der Waals surface area contributed by atoms with Gasteiger partial charge in [0.25, 0.3) is 0 Å². The number of nitro groups is 1. The van der Waals surface area contributed by atoms with Gasteiger partial charge in [-0.25, -0.2) is 4.98 Å². The van der Waals surface area contributed by atoms with Gasteiger partial charge in [-0.05, 0) is 11.3 Å². The monoisotopic (exact) mass is 249 g/mol. The summed E-state index contributed by atoms with van der Waals surface area (Å²) in [5.74, 6) is 0. The molecule has 1 rings (SSSR count). The molecule has 90 valence electrons. The van der Waals surface area contributed by atoms with Gasteiger partial charge in [0, 0.05) is 0 Å². The van der Waals surface area contributed by atoms with E-state index in [1.54, 1.807) is 0 Å². The van der Waals surface area contributed by atoms with Crippen molar-refractivity contribution in [2.24, 2.45) is 0 Å². The van der Waals surface area contributed by atoms with Crippen molar-refractivity contribution >= 4 is 21.5 Å². The van der Waals surface area contributed by atoms with Gasteiger partial charge in [-0.2, -0.15) is 0 Å².